The number of amides is 1. The lowest BCUT2D eigenvalue weighted by Crippen LogP contribution is -2.03. The minimum absolute atomic E-state index is 0.00756. The number of nitrogens with zero attached hydrogens (tertiary/aromatic N) is 2. The van der Waals surface area contributed by atoms with Crippen molar-refractivity contribution in [2.45, 2.75) is 6.42 Å². The van der Waals surface area contributed by atoms with E-state index in [0.717, 1.165) is 16.8 Å². The van der Waals surface area contributed by atoms with E-state index in [9.17, 15) is 4.79 Å². The number of benzene rings is 1. The van der Waals surface area contributed by atoms with E-state index in [2.05, 4.69) is 10.3 Å². The van der Waals surface area contributed by atoms with Crippen molar-refractivity contribution < 1.29 is 4.79 Å². The molecular weight excluding hydrogens is 288 g/mol. The molecule has 0 spiro atoms. The third kappa shape index (κ3) is 1.78. The van der Waals surface area contributed by atoms with Gasteiger partial charge in [-0.05, 0) is 29.8 Å². The molecule has 0 bridgehead atoms. The highest BCUT2D eigenvalue weighted by molar-refractivity contribution is 6.33. The first-order valence-corrected chi connectivity index (χ1v) is 6.86. The van der Waals surface area contributed by atoms with Gasteiger partial charge in [0, 0.05) is 17.4 Å². The predicted molar refractivity (Wildman–Crippen MR) is 82.4 cm³/mol. The van der Waals surface area contributed by atoms with Gasteiger partial charge in [0.2, 0.25) is 5.91 Å². The van der Waals surface area contributed by atoms with Crippen LogP contribution in [0.5, 0.6) is 0 Å². The van der Waals surface area contributed by atoms with E-state index in [1.165, 1.54) is 0 Å². The number of pyridine rings is 1. The van der Waals surface area contributed by atoms with E-state index in [4.69, 9.17) is 17.3 Å². The molecule has 0 atom stereocenters. The predicted octanol–water partition coefficient (Wildman–Crippen LogP) is 2.73. The van der Waals surface area contributed by atoms with E-state index in [-0.39, 0.29) is 5.91 Å². The molecule has 4 rings (SSSR count). The number of nitrogens with two attached hydrogens (primary N) is 1. The highest BCUT2D eigenvalue weighted by atomic mass is 35.5. The van der Waals surface area contributed by atoms with Crippen LogP contribution in [-0.4, -0.2) is 15.3 Å². The molecule has 2 aromatic heterocycles. The van der Waals surface area contributed by atoms with Crippen molar-refractivity contribution in [2.24, 2.45) is 0 Å². The second-order valence-corrected chi connectivity index (χ2v) is 5.40. The summed E-state index contributed by atoms with van der Waals surface area (Å²) >= 11 is 6.15. The van der Waals surface area contributed by atoms with Crippen LogP contribution in [0.1, 0.15) is 5.56 Å². The quantitative estimate of drug-likeness (QED) is 0.725. The number of anilines is 2. The second-order valence-electron chi connectivity index (χ2n) is 4.99. The minimum atomic E-state index is 0.00756. The number of halogens is 1. The van der Waals surface area contributed by atoms with Gasteiger partial charge in [-0.2, -0.15) is 0 Å². The van der Waals surface area contributed by atoms with Gasteiger partial charge in [0.25, 0.3) is 0 Å². The molecule has 0 fully saturated rings. The standard InChI is InChI=1S/C15H11ClN4O/c16-10-2-1-5-20-14(17)13(19-15(10)20)8-3-4-11-9(6-8)7-12(21)18-11/h1-6H,7,17H2,(H,18,21). The fraction of sp³-hybridized carbons (Fsp3) is 0.0667. The molecule has 6 heteroatoms. The zero-order chi connectivity index (χ0) is 14.6. The zero-order valence-electron chi connectivity index (χ0n) is 10.9. The summed E-state index contributed by atoms with van der Waals surface area (Å²) < 4.78 is 1.76. The summed E-state index contributed by atoms with van der Waals surface area (Å²) in [6, 6.07) is 9.32. The molecule has 5 nitrogen and oxygen atoms in total. The summed E-state index contributed by atoms with van der Waals surface area (Å²) in [5, 5.41) is 3.36. The van der Waals surface area contributed by atoms with Crippen molar-refractivity contribution in [3.8, 4) is 11.3 Å². The number of rotatable bonds is 1. The smallest absolute Gasteiger partial charge is 0.228 e. The SMILES string of the molecule is Nc1c(-c2ccc3c(c2)CC(=O)N3)nc2c(Cl)cccn12. The average Bonchev–Trinajstić information content (AvgIpc) is 2.99. The molecule has 0 aliphatic carbocycles. The van der Waals surface area contributed by atoms with E-state index in [0.29, 0.717) is 28.6 Å². The highest BCUT2D eigenvalue weighted by Gasteiger charge is 2.20. The Bertz CT molecular complexity index is 900. The van der Waals surface area contributed by atoms with Crippen LogP contribution in [-0.2, 0) is 11.2 Å². The second kappa shape index (κ2) is 4.23. The fourth-order valence-corrected chi connectivity index (χ4v) is 2.85. The van der Waals surface area contributed by atoms with Gasteiger partial charge in [0.05, 0.1) is 11.4 Å². The first-order valence-electron chi connectivity index (χ1n) is 6.48. The third-order valence-corrected chi connectivity index (χ3v) is 3.94. The molecule has 21 heavy (non-hydrogen) atoms. The number of carbonyl (C=O) groups excluding carboxylic acids is 1. The first kappa shape index (κ1) is 12.2. The van der Waals surface area contributed by atoms with Gasteiger partial charge < -0.3 is 11.1 Å². The first-order chi connectivity index (χ1) is 10.1. The van der Waals surface area contributed by atoms with Crippen LogP contribution in [0.4, 0.5) is 11.5 Å². The van der Waals surface area contributed by atoms with Gasteiger partial charge in [-0.1, -0.05) is 17.7 Å². The maximum Gasteiger partial charge on any atom is 0.228 e. The van der Waals surface area contributed by atoms with E-state index < -0.39 is 0 Å². The molecule has 0 saturated heterocycles. The molecule has 3 heterocycles. The molecule has 1 aromatic carbocycles. The van der Waals surface area contributed by atoms with Gasteiger partial charge >= 0.3 is 0 Å². The summed E-state index contributed by atoms with van der Waals surface area (Å²) in [6.07, 6.45) is 2.21. The van der Waals surface area contributed by atoms with Crippen LogP contribution >= 0.6 is 11.6 Å². The Kier molecular flexibility index (Phi) is 2.46. The lowest BCUT2D eigenvalue weighted by molar-refractivity contribution is -0.115. The van der Waals surface area contributed by atoms with Crippen LogP contribution in [0.2, 0.25) is 5.02 Å². The summed E-state index contributed by atoms with van der Waals surface area (Å²) in [5.41, 5.74) is 10.2. The van der Waals surface area contributed by atoms with Crippen molar-refractivity contribution in [1.82, 2.24) is 9.38 Å². The van der Waals surface area contributed by atoms with Crippen LogP contribution in [0.3, 0.4) is 0 Å². The molecule has 104 valence electrons. The van der Waals surface area contributed by atoms with Gasteiger partial charge in [0.1, 0.15) is 11.5 Å². The van der Waals surface area contributed by atoms with Crippen molar-refractivity contribution in [3.05, 3.63) is 47.1 Å². The van der Waals surface area contributed by atoms with Gasteiger partial charge in [0.15, 0.2) is 5.65 Å². The molecule has 3 aromatic rings. The number of imidazole rings is 1. The maximum atomic E-state index is 11.4. The molecular formula is C15H11ClN4O. The summed E-state index contributed by atoms with van der Waals surface area (Å²) in [7, 11) is 0. The normalized spacial score (nSPS) is 13.5. The zero-order valence-corrected chi connectivity index (χ0v) is 11.7. The van der Waals surface area contributed by atoms with E-state index in [1.54, 1.807) is 10.5 Å². The average molecular weight is 299 g/mol. The van der Waals surface area contributed by atoms with Crippen molar-refractivity contribution >= 4 is 34.7 Å². The number of nitrogen functional groups attached to an aromatic ring is 1. The fourth-order valence-electron chi connectivity index (χ4n) is 2.64. The molecule has 0 unspecified atom stereocenters. The lowest BCUT2D eigenvalue weighted by Gasteiger charge is -2.03. The Morgan fingerprint density at radius 2 is 2.19 bits per heavy atom. The molecule has 0 saturated carbocycles. The molecule has 1 amide bonds. The number of nitrogens with one attached hydrogen (secondary N) is 1. The number of fused-ring (bicyclic) bond motifs is 2. The van der Waals surface area contributed by atoms with Crippen LogP contribution in [0.25, 0.3) is 16.9 Å². The summed E-state index contributed by atoms with van der Waals surface area (Å²) in [6.45, 7) is 0. The van der Waals surface area contributed by atoms with Crippen molar-refractivity contribution in [3.63, 3.8) is 0 Å². The van der Waals surface area contributed by atoms with Gasteiger partial charge in [-0.25, -0.2) is 4.98 Å². The third-order valence-electron chi connectivity index (χ3n) is 3.64. The topological polar surface area (TPSA) is 72.4 Å². The van der Waals surface area contributed by atoms with Crippen molar-refractivity contribution in [2.75, 3.05) is 11.1 Å². The molecule has 3 N–H and O–H groups in total. The number of aromatic nitrogens is 2. The van der Waals surface area contributed by atoms with E-state index in [1.807, 2.05) is 30.5 Å². The van der Waals surface area contributed by atoms with E-state index >= 15 is 0 Å². The Balaban J connectivity index is 1.91. The number of carbonyl (C=O) groups is 1. The lowest BCUT2D eigenvalue weighted by atomic mass is 10.1. The summed E-state index contributed by atoms with van der Waals surface area (Å²) in [5.74, 6) is 0.540. The molecule has 0 radical (unpaired) electrons. The van der Waals surface area contributed by atoms with Crippen molar-refractivity contribution in [1.29, 1.82) is 0 Å². The monoisotopic (exact) mass is 298 g/mol. The molecule has 1 aliphatic rings. The van der Waals surface area contributed by atoms with Crippen LogP contribution in [0, 0.1) is 0 Å². The number of hydrogen-bond acceptors (Lipinski definition) is 3. The van der Waals surface area contributed by atoms with Crippen LogP contribution < -0.4 is 11.1 Å². The Hall–Kier alpha value is -2.53. The van der Waals surface area contributed by atoms with Gasteiger partial charge in [-0.3, -0.25) is 9.20 Å². The Labute approximate surface area is 125 Å². The van der Waals surface area contributed by atoms with Gasteiger partial charge in [-0.15, -0.1) is 0 Å². The largest absolute Gasteiger partial charge is 0.383 e. The minimum Gasteiger partial charge on any atom is -0.383 e. The van der Waals surface area contributed by atoms with Crippen LogP contribution in [0.15, 0.2) is 36.5 Å². The summed E-state index contributed by atoms with van der Waals surface area (Å²) in [4.78, 5) is 16.0. The Morgan fingerprint density at radius 1 is 1.33 bits per heavy atom. The highest BCUT2D eigenvalue weighted by Crippen LogP contribution is 2.33. The maximum absolute atomic E-state index is 11.4. The molecule has 1 aliphatic heterocycles. The Morgan fingerprint density at radius 3 is 3.00 bits per heavy atom. The number of hydrogen-bond donors (Lipinski definition) is 2.